The third-order valence-corrected chi connectivity index (χ3v) is 1.01. The molecule has 48 valence electrons. The summed E-state index contributed by atoms with van der Waals surface area (Å²) in [7, 11) is 0. The minimum atomic E-state index is -2.38. The number of allylic oxidation sites excluding steroid dienone is 1. The SMILES string of the molecule is CCC(F)=CS(=O)[O-]. The van der Waals surface area contributed by atoms with Crippen molar-refractivity contribution in [1.82, 2.24) is 0 Å². The Morgan fingerprint density at radius 1 is 2.00 bits per heavy atom. The van der Waals surface area contributed by atoms with E-state index in [1.807, 2.05) is 0 Å². The van der Waals surface area contributed by atoms with E-state index in [2.05, 4.69) is 0 Å². The van der Waals surface area contributed by atoms with Gasteiger partial charge in [0.25, 0.3) is 0 Å². The molecule has 0 rings (SSSR count). The molecule has 0 saturated heterocycles. The van der Waals surface area contributed by atoms with Crippen LogP contribution in [0.25, 0.3) is 0 Å². The Hall–Kier alpha value is -0.220. The average Bonchev–Trinajstić information content (AvgIpc) is 1.65. The Bertz CT molecular complexity index is 121. The van der Waals surface area contributed by atoms with Crippen molar-refractivity contribution in [2.24, 2.45) is 0 Å². The Labute approximate surface area is 49.7 Å². The smallest absolute Gasteiger partial charge is 0.107 e. The summed E-state index contributed by atoms with van der Waals surface area (Å²) in [6, 6.07) is 0. The van der Waals surface area contributed by atoms with Crippen LogP contribution in [0.4, 0.5) is 4.39 Å². The molecule has 2 nitrogen and oxygen atoms in total. The molecule has 1 atom stereocenters. The monoisotopic (exact) mass is 137 g/mol. The lowest BCUT2D eigenvalue weighted by Gasteiger charge is -1.94. The molecule has 0 fully saturated rings. The zero-order valence-electron chi connectivity index (χ0n) is 4.39. The van der Waals surface area contributed by atoms with E-state index < -0.39 is 16.9 Å². The molecule has 0 spiro atoms. The summed E-state index contributed by atoms with van der Waals surface area (Å²) in [4.78, 5) is 0. The van der Waals surface area contributed by atoms with Crippen LogP contribution >= 0.6 is 0 Å². The van der Waals surface area contributed by atoms with E-state index in [1.165, 1.54) is 0 Å². The maximum absolute atomic E-state index is 11.9. The summed E-state index contributed by atoms with van der Waals surface area (Å²) < 4.78 is 31.2. The van der Waals surface area contributed by atoms with E-state index in [0.717, 1.165) is 0 Å². The average molecular weight is 137 g/mol. The lowest BCUT2D eigenvalue weighted by molar-refractivity contribution is 0.542. The van der Waals surface area contributed by atoms with Gasteiger partial charge in [-0.2, -0.15) is 0 Å². The molecular weight excluding hydrogens is 131 g/mol. The van der Waals surface area contributed by atoms with Gasteiger partial charge >= 0.3 is 0 Å². The standard InChI is InChI=1S/C4H7FO2S/c1-2-4(5)3-8(6)7/h3H,2H2,1H3,(H,6,7)/p-1. The van der Waals surface area contributed by atoms with Gasteiger partial charge in [0.1, 0.15) is 5.83 Å². The summed E-state index contributed by atoms with van der Waals surface area (Å²) in [6.45, 7) is 1.54. The van der Waals surface area contributed by atoms with Crippen LogP contribution in [0.15, 0.2) is 11.2 Å². The van der Waals surface area contributed by atoms with Crippen LogP contribution in [-0.2, 0) is 11.1 Å². The molecule has 0 heterocycles. The van der Waals surface area contributed by atoms with E-state index in [1.54, 1.807) is 6.92 Å². The number of hydrogen-bond donors (Lipinski definition) is 0. The third kappa shape index (κ3) is 3.95. The van der Waals surface area contributed by atoms with Crippen molar-refractivity contribution in [2.45, 2.75) is 13.3 Å². The van der Waals surface area contributed by atoms with Crippen LogP contribution in [-0.4, -0.2) is 8.76 Å². The first-order valence-electron chi connectivity index (χ1n) is 2.11. The first kappa shape index (κ1) is 7.78. The Morgan fingerprint density at radius 2 is 2.50 bits per heavy atom. The molecule has 8 heavy (non-hydrogen) atoms. The van der Waals surface area contributed by atoms with Crippen molar-refractivity contribution in [3.8, 4) is 0 Å². The lowest BCUT2D eigenvalue weighted by Crippen LogP contribution is -1.79. The van der Waals surface area contributed by atoms with Crippen LogP contribution in [0.1, 0.15) is 13.3 Å². The summed E-state index contributed by atoms with van der Waals surface area (Å²) in [5.41, 5.74) is 0. The van der Waals surface area contributed by atoms with Gasteiger partial charge in [-0.05, 0) is 17.5 Å². The van der Waals surface area contributed by atoms with Gasteiger partial charge in [-0.25, -0.2) is 4.39 Å². The van der Waals surface area contributed by atoms with E-state index in [0.29, 0.717) is 5.41 Å². The number of hydrogen-bond acceptors (Lipinski definition) is 2. The van der Waals surface area contributed by atoms with Gasteiger partial charge in [0.15, 0.2) is 0 Å². The van der Waals surface area contributed by atoms with E-state index in [9.17, 15) is 13.2 Å². The van der Waals surface area contributed by atoms with Gasteiger partial charge < -0.3 is 4.55 Å². The second-order valence-corrected chi connectivity index (χ2v) is 1.94. The van der Waals surface area contributed by atoms with Crippen molar-refractivity contribution < 1.29 is 13.2 Å². The van der Waals surface area contributed by atoms with Crippen molar-refractivity contribution >= 4 is 11.1 Å². The zero-order valence-corrected chi connectivity index (χ0v) is 5.20. The largest absolute Gasteiger partial charge is 0.769 e. The molecule has 0 saturated carbocycles. The molecular formula is C4H6FO2S-. The Morgan fingerprint density at radius 3 is 2.62 bits per heavy atom. The maximum atomic E-state index is 11.9. The quantitative estimate of drug-likeness (QED) is 0.534. The molecule has 0 radical (unpaired) electrons. The molecule has 4 heteroatoms. The van der Waals surface area contributed by atoms with Crippen LogP contribution in [0.3, 0.4) is 0 Å². The molecule has 0 aromatic heterocycles. The fourth-order valence-electron chi connectivity index (χ4n) is 0.188. The molecule has 0 N–H and O–H groups in total. The summed E-state index contributed by atoms with van der Waals surface area (Å²) in [6.07, 6.45) is 0.133. The minimum Gasteiger partial charge on any atom is -0.769 e. The third-order valence-electron chi connectivity index (χ3n) is 0.562. The normalized spacial score (nSPS) is 16.1. The minimum absolute atomic E-state index is 0.133. The molecule has 0 aliphatic rings. The molecule has 1 unspecified atom stereocenters. The van der Waals surface area contributed by atoms with Crippen LogP contribution in [0.5, 0.6) is 0 Å². The van der Waals surface area contributed by atoms with Crippen LogP contribution in [0, 0.1) is 0 Å². The van der Waals surface area contributed by atoms with Gasteiger partial charge in [-0.3, -0.25) is 4.21 Å². The zero-order chi connectivity index (χ0) is 6.57. The highest BCUT2D eigenvalue weighted by Gasteiger charge is 1.85. The van der Waals surface area contributed by atoms with Crippen molar-refractivity contribution in [3.63, 3.8) is 0 Å². The van der Waals surface area contributed by atoms with Crippen molar-refractivity contribution in [3.05, 3.63) is 11.2 Å². The van der Waals surface area contributed by atoms with Crippen molar-refractivity contribution in [2.75, 3.05) is 0 Å². The highest BCUT2D eigenvalue weighted by atomic mass is 32.2. The summed E-state index contributed by atoms with van der Waals surface area (Å²) >= 11 is -2.38. The summed E-state index contributed by atoms with van der Waals surface area (Å²) in [5, 5.41) is 0.556. The number of rotatable bonds is 2. The highest BCUT2D eigenvalue weighted by molar-refractivity contribution is 7.82. The predicted octanol–water partition coefficient (Wildman–Crippen LogP) is 1.09. The Kier molecular flexibility index (Phi) is 3.64. The first-order chi connectivity index (χ1) is 3.66. The Balaban J connectivity index is 3.75. The number of halogens is 1. The van der Waals surface area contributed by atoms with Gasteiger partial charge in [0.2, 0.25) is 0 Å². The molecule has 0 aromatic carbocycles. The molecule has 0 amide bonds. The van der Waals surface area contributed by atoms with Gasteiger partial charge in [0, 0.05) is 5.41 Å². The lowest BCUT2D eigenvalue weighted by atomic mass is 10.5. The van der Waals surface area contributed by atoms with Crippen LogP contribution < -0.4 is 0 Å². The van der Waals surface area contributed by atoms with Crippen LogP contribution in [0.2, 0.25) is 0 Å². The second kappa shape index (κ2) is 3.74. The van der Waals surface area contributed by atoms with Gasteiger partial charge in [-0.15, -0.1) is 0 Å². The molecule has 0 aliphatic heterocycles. The second-order valence-electron chi connectivity index (χ2n) is 1.18. The van der Waals surface area contributed by atoms with Gasteiger partial charge in [0.05, 0.1) is 0 Å². The fraction of sp³-hybridized carbons (Fsp3) is 0.500. The van der Waals surface area contributed by atoms with E-state index >= 15 is 0 Å². The van der Waals surface area contributed by atoms with E-state index in [4.69, 9.17) is 0 Å². The topological polar surface area (TPSA) is 40.1 Å². The van der Waals surface area contributed by atoms with Gasteiger partial charge in [-0.1, -0.05) is 6.92 Å². The molecule has 0 aromatic rings. The first-order valence-corrected chi connectivity index (χ1v) is 3.25. The fourth-order valence-corrected chi connectivity index (χ4v) is 0.563. The van der Waals surface area contributed by atoms with Crippen molar-refractivity contribution in [1.29, 1.82) is 0 Å². The molecule has 0 bridgehead atoms. The predicted molar refractivity (Wildman–Crippen MR) is 28.4 cm³/mol. The highest BCUT2D eigenvalue weighted by Crippen LogP contribution is 2.00. The van der Waals surface area contributed by atoms with E-state index in [-0.39, 0.29) is 6.42 Å². The summed E-state index contributed by atoms with van der Waals surface area (Å²) in [5.74, 6) is -0.613. The maximum Gasteiger partial charge on any atom is 0.107 e. The molecule has 0 aliphatic carbocycles.